The van der Waals surface area contributed by atoms with E-state index in [2.05, 4.69) is 13.8 Å². The lowest BCUT2D eigenvalue weighted by molar-refractivity contribution is -0.0619. The number of hydrogen-bond acceptors (Lipinski definition) is 1. The molecule has 4 saturated carbocycles. The Bertz CT molecular complexity index is 1350. The van der Waals surface area contributed by atoms with E-state index >= 15 is 26.3 Å². The highest BCUT2D eigenvalue weighted by molar-refractivity contribution is 5.37. The van der Waals surface area contributed by atoms with Crippen LogP contribution in [0.3, 0.4) is 0 Å². The van der Waals surface area contributed by atoms with E-state index in [9.17, 15) is 0 Å². The average molecular weight is 863 g/mol. The van der Waals surface area contributed by atoms with Crippen LogP contribution in [0.1, 0.15) is 219 Å². The van der Waals surface area contributed by atoms with Crippen molar-refractivity contribution in [1.82, 2.24) is 0 Å². The Morgan fingerprint density at radius 3 is 1.18 bits per heavy atom. The van der Waals surface area contributed by atoms with Gasteiger partial charge in [0, 0.05) is 10.8 Å². The second-order valence-electron chi connectivity index (χ2n) is 21.2. The van der Waals surface area contributed by atoms with Crippen molar-refractivity contribution in [3.63, 3.8) is 0 Å². The van der Waals surface area contributed by atoms with Gasteiger partial charge in [0.2, 0.25) is 0 Å². The Morgan fingerprint density at radius 2 is 0.820 bits per heavy atom. The van der Waals surface area contributed by atoms with Gasteiger partial charge in [-0.3, -0.25) is 0 Å². The molecule has 6 aliphatic carbocycles. The fraction of sp³-hybridized carbons (Fsp3) is 0.852. The predicted molar refractivity (Wildman–Crippen MR) is 240 cm³/mol. The molecule has 348 valence electrons. The lowest BCUT2D eigenvalue weighted by Gasteiger charge is -2.53. The molecule has 6 rings (SSSR count). The topological polar surface area (TPSA) is 9.23 Å². The predicted octanol–water partition coefficient (Wildman–Crippen LogP) is 18.1. The summed E-state index contributed by atoms with van der Waals surface area (Å²) in [5.74, 6) is -6.04. The second kappa shape index (κ2) is 23.1. The highest BCUT2D eigenvalue weighted by Crippen LogP contribution is 2.63. The highest BCUT2D eigenvalue weighted by atomic mass is 19.2. The van der Waals surface area contributed by atoms with Crippen molar-refractivity contribution >= 4 is 0 Å². The zero-order chi connectivity index (χ0) is 43.4. The summed E-state index contributed by atoms with van der Waals surface area (Å²) in [6, 6.07) is 0. The first kappa shape index (κ1) is 48.9. The molecule has 0 aromatic carbocycles. The summed E-state index contributed by atoms with van der Waals surface area (Å²) in [6.45, 7) is 3.79. The smallest absolute Gasteiger partial charge is 0.188 e. The minimum absolute atomic E-state index is 0.00217. The molecule has 0 aromatic rings. The molecule has 4 fully saturated rings. The Labute approximate surface area is 367 Å². The third-order valence-electron chi connectivity index (χ3n) is 17.5. The molecule has 4 atom stereocenters. The number of alkyl halides is 2. The Balaban J connectivity index is 1.04. The van der Waals surface area contributed by atoms with Crippen LogP contribution >= 0.6 is 0 Å². The first-order chi connectivity index (χ1) is 29.5. The maximum Gasteiger partial charge on any atom is 0.188 e. The van der Waals surface area contributed by atoms with E-state index in [0.29, 0.717) is 37.5 Å². The Morgan fingerprint density at radius 1 is 0.475 bits per heavy atom. The van der Waals surface area contributed by atoms with Gasteiger partial charge in [0.05, 0.1) is 25.0 Å². The van der Waals surface area contributed by atoms with Gasteiger partial charge < -0.3 is 4.74 Å². The molecule has 0 N–H and O–H groups in total. The standard InChI is InChI=1S/C54H84F6O/c1-3-5-7-9-11-15-21-41-23-27-45(28-24-41)51(33-17-13-18-34-51)53(59)37-31-43(47(55)49(53)57)39-61-40-44-32-38-54(60,50(58)48(44)56)52(35-19-14-20-36-52)46-29-25-42(26-30-46)22-16-12-10-8-6-4-2/h31-32,37-38,41-46H,3-30,33-36,39-40H2,1-2H3/t41?,42?,43-,44-,45?,46?,53+,54+/m0/s1. The van der Waals surface area contributed by atoms with Crippen molar-refractivity contribution in [2.24, 2.45) is 46.3 Å². The van der Waals surface area contributed by atoms with Gasteiger partial charge in [0.15, 0.2) is 23.0 Å². The first-order valence-corrected chi connectivity index (χ1v) is 26.0. The number of ether oxygens (including phenoxy) is 1. The van der Waals surface area contributed by atoms with Crippen molar-refractivity contribution in [1.29, 1.82) is 0 Å². The largest absolute Gasteiger partial charge is 0.379 e. The molecule has 0 amide bonds. The van der Waals surface area contributed by atoms with E-state index in [0.717, 1.165) is 89.9 Å². The molecule has 6 aliphatic rings. The van der Waals surface area contributed by atoms with Crippen LogP contribution in [-0.2, 0) is 4.74 Å². The zero-order valence-electron chi connectivity index (χ0n) is 38.5. The van der Waals surface area contributed by atoms with Gasteiger partial charge in [-0.1, -0.05) is 180 Å². The van der Waals surface area contributed by atoms with Crippen LogP contribution in [0.4, 0.5) is 26.3 Å². The van der Waals surface area contributed by atoms with E-state index in [4.69, 9.17) is 4.74 Å². The van der Waals surface area contributed by atoms with Crippen molar-refractivity contribution in [3.8, 4) is 0 Å². The van der Waals surface area contributed by atoms with Gasteiger partial charge in [-0.15, -0.1) is 0 Å². The lowest BCUT2D eigenvalue weighted by Crippen LogP contribution is -2.52. The van der Waals surface area contributed by atoms with Crippen LogP contribution in [0.15, 0.2) is 47.6 Å². The molecule has 0 unspecified atom stereocenters. The molecular weight excluding hydrogens is 779 g/mol. The number of halogens is 6. The molecule has 0 radical (unpaired) electrons. The fourth-order valence-electron chi connectivity index (χ4n) is 13.8. The van der Waals surface area contributed by atoms with Gasteiger partial charge in [0.25, 0.3) is 0 Å². The van der Waals surface area contributed by atoms with Gasteiger partial charge in [-0.25, -0.2) is 26.3 Å². The van der Waals surface area contributed by atoms with Gasteiger partial charge in [-0.2, -0.15) is 0 Å². The summed E-state index contributed by atoms with van der Waals surface area (Å²) >= 11 is 0. The molecule has 0 spiro atoms. The van der Waals surface area contributed by atoms with Gasteiger partial charge in [-0.05, 0) is 87.2 Å². The number of hydrogen-bond donors (Lipinski definition) is 0. The van der Waals surface area contributed by atoms with E-state index in [-0.39, 0.29) is 25.0 Å². The zero-order valence-corrected chi connectivity index (χ0v) is 38.5. The minimum atomic E-state index is -2.51. The molecule has 0 bridgehead atoms. The molecule has 0 saturated heterocycles. The molecular formula is C54H84F6O. The Hall–Kier alpha value is -1.50. The number of rotatable bonds is 22. The Kier molecular flexibility index (Phi) is 18.5. The average Bonchev–Trinajstić information content (AvgIpc) is 3.29. The molecule has 1 nitrogen and oxygen atoms in total. The first-order valence-electron chi connectivity index (χ1n) is 26.0. The van der Waals surface area contributed by atoms with Crippen molar-refractivity contribution < 1.29 is 31.1 Å². The molecule has 0 aromatic heterocycles. The van der Waals surface area contributed by atoms with Crippen LogP contribution in [-0.4, -0.2) is 24.6 Å². The van der Waals surface area contributed by atoms with Gasteiger partial charge in [0.1, 0.15) is 11.7 Å². The van der Waals surface area contributed by atoms with E-state index in [1.807, 2.05) is 0 Å². The summed E-state index contributed by atoms with van der Waals surface area (Å²) in [5, 5.41) is 0. The highest BCUT2D eigenvalue weighted by Gasteiger charge is 2.61. The summed E-state index contributed by atoms with van der Waals surface area (Å²) in [4.78, 5) is 0. The third kappa shape index (κ3) is 11.0. The number of unbranched alkanes of at least 4 members (excludes halogenated alkanes) is 10. The van der Waals surface area contributed by atoms with Crippen LogP contribution in [0.2, 0.25) is 0 Å². The van der Waals surface area contributed by atoms with Crippen molar-refractivity contribution in [2.45, 2.75) is 231 Å². The van der Waals surface area contributed by atoms with E-state index in [1.165, 1.54) is 114 Å². The van der Waals surface area contributed by atoms with E-state index < -0.39 is 57.3 Å². The SMILES string of the molecule is CCCCCCCCC1CCC(C2([C@@]3(F)C=C[C@@H](COC[C@@H]4C=C[C@](F)(C5(C6CCC(CCCCCCCC)CC6)CCCCC5)C(F)=C4F)C(F)=C3F)CCCCC2)CC1. The maximum absolute atomic E-state index is 17.4. The van der Waals surface area contributed by atoms with Crippen molar-refractivity contribution in [3.05, 3.63) is 47.6 Å². The summed E-state index contributed by atoms with van der Waals surface area (Å²) in [6.07, 6.45) is 37.9. The molecule has 7 heteroatoms. The van der Waals surface area contributed by atoms with Crippen LogP contribution in [0.5, 0.6) is 0 Å². The second-order valence-corrected chi connectivity index (χ2v) is 21.2. The quantitative estimate of drug-likeness (QED) is 0.0599. The summed E-state index contributed by atoms with van der Waals surface area (Å²) in [7, 11) is 0. The number of allylic oxidation sites excluding steroid dienone is 4. The van der Waals surface area contributed by atoms with Gasteiger partial charge >= 0.3 is 0 Å². The monoisotopic (exact) mass is 863 g/mol. The molecule has 0 aliphatic heterocycles. The van der Waals surface area contributed by atoms with Crippen LogP contribution < -0.4 is 0 Å². The fourth-order valence-corrected chi connectivity index (χ4v) is 13.8. The third-order valence-corrected chi connectivity index (χ3v) is 17.5. The minimum Gasteiger partial charge on any atom is -0.379 e. The summed E-state index contributed by atoms with van der Waals surface area (Å²) in [5.41, 5.74) is -6.97. The van der Waals surface area contributed by atoms with Crippen LogP contribution in [0.25, 0.3) is 0 Å². The normalized spacial score (nSPS) is 34.3. The molecule has 0 heterocycles. The molecule has 61 heavy (non-hydrogen) atoms. The van der Waals surface area contributed by atoms with Crippen LogP contribution in [0, 0.1) is 46.3 Å². The van der Waals surface area contributed by atoms with E-state index in [1.54, 1.807) is 0 Å². The maximum atomic E-state index is 17.4. The lowest BCUT2D eigenvalue weighted by atomic mass is 9.53. The van der Waals surface area contributed by atoms with Crippen molar-refractivity contribution in [2.75, 3.05) is 13.2 Å². The summed E-state index contributed by atoms with van der Waals surface area (Å²) < 4.78 is 105.